The van der Waals surface area contributed by atoms with Crippen molar-refractivity contribution in [2.45, 2.75) is 38.6 Å². The van der Waals surface area contributed by atoms with Gasteiger partial charge in [-0.15, -0.1) is 0 Å². The van der Waals surface area contributed by atoms with Crippen molar-refractivity contribution in [1.29, 1.82) is 0 Å². The van der Waals surface area contributed by atoms with Gasteiger partial charge in [0.05, 0.1) is 19.3 Å². The lowest BCUT2D eigenvalue weighted by Gasteiger charge is -2.29. The van der Waals surface area contributed by atoms with Crippen LogP contribution in [0.3, 0.4) is 0 Å². The maximum Gasteiger partial charge on any atom is 0.318 e. The fourth-order valence-corrected chi connectivity index (χ4v) is 3.15. The third-order valence-corrected chi connectivity index (χ3v) is 4.51. The number of nitrogens with zero attached hydrogens (tertiary/aromatic N) is 1. The lowest BCUT2D eigenvalue weighted by molar-refractivity contribution is 0.0526. The largest absolute Gasteiger partial charge is 0.378 e. The minimum absolute atomic E-state index is 0.0171. The highest BCUT2D eigenvalue weighted by molar-refractivity contribution is 5.74. The molecule has 2 amide bonds. The van der Waals surface area contributed by atoms with Crippen molar-refractivity contribution < 1.29 is 9.53 Å². The van der Waals surface area contributed by atoms with Crippen molar-refractivity contribution >= 4 is 6.03 Å². The number of nitrogens with one attached hydrogen (secondary N) is 1. The normalized spacial score (nSPS) is 19.8. The fourth-order valence-electron chi connectivity index (χ4n) is 3.15. The first-order chi connectivity index (χ1) is 10.2. The predicted octanol–water partition coefficient (Wildman–Crippen LogP) is 2.67. The number of carbonyl (C=O) groups is 1. The molecule has 114 valence electrons. The van der Waals surface area contributed by atoms with Crippen molar-refractivity contribution in [3.8, 4) is 0 Å². The molecule has 1 atom stereocenters. The van der Waals surface area contributed by atoms with Gasteiger partial charge >= 0.3 is 6.03 Å². The van der Waals surface area contributed by atoms with Gasteiger partial charge in [-0.1, -0.05) is 18.2 Å². The van der Waals surface area contributed by atoms with Crippen LogP contribution in [0.25, 0.3) is 0 Å². The van der Waals surface area contributed by atoms with E-state index >= 15 is 0 Å². The molecule has 21 heavy (non-hydrogen) atoms. The molecule has 1 aliphatic carbocycles. The Kier molecular flexibility index (Phi) is 4.44. The van der Waals surface area contributed by atoms with E-state index in [2.05, 4.69) is 30.4 Å². The number of fused-ring (bicyclic) bond motifs is 1. The first-order valence-corrected chi connectivity index (χ1v) is 7.99. The van der Waals surface area contributed by atoms with Crippen LogP contribution >= 0.6 is 0 Å². The highest BCUT2D eigenvalue weighted by Gasteiger charge is 2.19. The maximum absolute atomic E-state index is 12.2. The molecule has 4 heteroatoms. The van der Waals surface area contributed by atoms with Crippen molar-refractivity contribution in [3.05, 3.63) is 34.9 Å². The summed E-state index contributed by atoms with van der Waals surface area (Å²) in [7, 11) is 0. The molecule has 1 N–H and O–H groups in total. The molecule has 1 aromatic carbocycles. The number of aryl methyl sites for hydroxylation is 2. The lowest BCUT2D eigenvalue weighted by atomic mass is 9.89. The molecule has 2 aliphatic rings. The predicted molar refractivity (Wildman–Crippen MR) is 82.4 cm³/mol. The quantitative estimate of drug-likeness (QED) is 0.909. The molecule has 1 aromatic rings. The number of hydrogen-bond acceptors (Lipinski definition) is 2. The summed E-state index contributed by atoms with van der Waals surface area (Å²) in [5, 5.41) is 3.10. The standard InChI is InChI=1S/C17H24N2O2/c1-13(18-17(20)19-8-10-21-11-9-19)15-7-6-14-4-2-3-5-16(14)12-15/h6-7,12-13H,2-5,8-11H2,1H3,(H,18,20)/t13-/m0/s1. The molecule has 0 spiro atoms. The van der Waals surface area contributed by atoms with Gasteiger partial charge in [0.25, 0.3) is 0 Å². The van der Waals surface area contributed by atoms with E-state index in [1.165, 1.54) is 42.4 Å². The Balaban J connectivity index is 1.64. The van der Waals surface area contributed by atoms with E-state index in [9.17, 15) is 4.79 Å². The van der Waals surface area contributed by atoms with Crippen molar-refractivity contribution in [3.63, 3.8) is 0 Å². The van der Waals surface area contributed by atoms with Crippen LogP contribution in [0.15, 0.2) is 18.2 Å². The number of amides is 2. The zero-order valence-electron chi connectivity index (χ0n) is 12.7. The van der Waals surface area contributed by atoms with Gasteiger partial charge in [-0.2, -0.15) is 0 Å². The molecule has 4 nitrogen and oxygen atoms in total. The van der Waals surface area contributed by atoms with Gasteiger partial charge in [-0.05, 0) is 49.3 Å². The van der Waals surface area contributed by atoms with Crippen LogP contribution in [0, 0.1) is 0 Å². The summed E-state index contributed by atoms with van der Waals surface area (Å²) in [5.41, 5.74) is 4.15. The van der Waals surface area contributed by atoms with E-state index < -0.39 is 0 Å². The van der Waals surface area contributed by atoms with Gasteiger partial charge in [-0.25, -0.2) is 4.79 Å². The number of morpholine rings is 1. The van der Waals surface area contributed by atoms with Crippen LogP contribution in [0.4, 0.5) is 4.79 Å². The molecule has 1 saturated heterocycles. The van der Waals surface area contributed by atoms with Crippen LogP contribution < -0.4 is 5.32 Å². The lowest BCUT2D eigenvalue weighted by Crippen LogP contribution is -2.46. The second kappa shape index (κ2) is 6.48. The molecule has 0 bridgehead atoms. The third-order valence-electron chi connectivity index (χ3n) is 4.51. The number of carbonyl (C=O) groups excluding carboxylic acids is 1. The van der Waals surface area contributed by atoms with Crippen LogP contribution in [0.2, 0.25) is 0 Å². The Morgan fingerprint density at radius 3 is 2.67 bits per heavy atom. The van der Waals surface area contributed by atoms with Crippen molar-refractivity contribution in [1.82, 2.24) is 10.2 Å². The summed E-state index contributed by atoms with van der Waals surface area (Å²) in [5.74, 6) is 0. The Labute approximate surface area is 126 Å². The van der Waals surface area contributed by atoms with Gasteiger partial charge in [0, 0.05) is 13.1 Å². The van der Waals surface area contributed by atoms with Crippen LogP contribution in [0.5, 0.6) is 0 Å². The maximum atomic E-state index is 12.2. The fraction of sp³-hybridized carbons (Fsp3) is 0.588. The topological polar surface area (TPSA) is 41.6 Å². The van der Waals surface area contributed by atoms with E-state index in [0.29, 0.717) is 26.3 Å². The summed E-state index contributed by atoms with van der Waals surface area (Å²) in [6.07, 6.45) is 4.96. The Morgan fingerprint density at radius 1 is 1.19 bits per heavy atom. The van der Waals surface area contributed by atoms with Gasteiger partial charge in [0.1, 0.15) is 0 Å². The second-order valence-corrected chi connectivity index (χ2v) is 6.01. The van der Waals surface area contributed by atoms with Crippen LogP contribution in [0.1, 0.15) is 42.5 Å². The van der Waals surface area contributed by atoms with Crippen molar-refractivity contribution in [2.24, 2.45) is 0 Å². The highest BCUT2D eigenvalue weighted by Crippen LogP contribution is 2.24. The minimum atomic E-state index is 0.0171. The summed E-state index contributed by atoms with van der Waals surface area (Å²) in [4.78, 5) is 14.1. The van der Waals surface area contributed by atoms with Gasteiger partial charge in [0.2, 0.25) is 0 Å². The van der Waals surface area contributed by atoms with E-state index in [4.69, 9.17) is 4.74 Å². The monoisotopic (exact) mass is 288 g/mol. The summed E-state index contributed by atoms with van der Waals surface area (Å²) in [6.45, 7) is 4.70. The van der Waals surface area contributed by atoms with Crippen LogP contribution in [-0.4, -0.2) is 37.2 Å². The molecular weight excluding hydrogens is 264 g/mol. The molecule has 1 heterocycles. The second-order valence-electron chi connectivity index (χ2n) is 6.01. The van der Waals surface area contributed by atoms with Gasteiger partial charge < -0.3 is 15.0 Å². The van der Waals surface area contributed by atoms with E-state index in [0.717, 1.165) is 0 Å². The van der Waals surface area contributed by atoms with E-state index in [-0.39, 0.29) is 12.1 Å². The number of benzene rings is 1. The molecule has 3 rings (SSSR count). The molecule has 1 aliphatic heterocycles. The van der Waals surface area contributed by atoms with E-state index in [1.807, 2.05) is 4.90 Å². The Bertz CT molecular complexity index is 510. The Morgan fingerprint density at radius 2 is 1.90 bits per heavy atom. The number of urea groups is 1. The highest BCUT2D eigenvalue weighted by atomic mass is 16.5. The summed E-state index contributed by atoms with van der Waals surface area (Å²) >= 11 is 0. The number of ether oxygens (including phenoxy) is 1. The SMILES string of the molecule is C[C@H](NC(=O)N1CCOCC1)c1ccc2c(c1)CCCC2. The third kappa shape index (κ3) is 3.38. The van der Waals surface area contributed by atoms with Gasteiger partial charge in [-0.3, -0.25) is 0 Å². The average Bonchev–Trinajstić information content (AvgIpc) is 2.55. The smallest absolute Gasteiger partial charge is 0.318 e. The zero-order valence-corrected chi connectivity index (χ0v) is 12.7. The van der Waals surface area contributed by atoms with Crippen LogP contribution in [-0.2, 0) is 17.6 Å². The summed E-state index contributed by atoms with van der Waals surface area (Å²) < 4.78 is 5.28. The number of rotatable bonds is 2. The first kappa shape index (κ1) is 14.4. The molecule has 0 aromatic heterocycles. The first-order valence-electron chi connectivity index (χ1n) is 7.99. The molecule has 0 unspecified atom stereocenters. The molecular formula is C17H24N2O2. The zero-order chi connectivity index (χ0) is 14.7. The molecule has 0 radical (unpaired) electrons. The van der Waals surface area contributed by atoms with E-state index in [1.54, 1.807) is 0 Å². The Hall–Kier alpha value is -1.55. The van der Waals surface area contributed by atoms with Gasteiger partial charge in [0.15, 0.2) is 0 Å². The molecule has 0 saturated carbocycles. The number of hydrogen-bond donors (Lipinski definition) is 1. The average molecular weight is 288 g/mol. The minimum Gasteiger partial charge on any atom is -0.378 e. The molecule has 1 fully saturated rings. The van der Waals surface area contributed by atoms with Crippen molar-refractivity contribution in [2.75, 3.05) is 26.3 Å². The summed E-state index contributed by atoms with van der Waals surface area (Å²) in [6, 6.07) is 6.74.